The van der Waals surface area contributed by atoms with Crippen LogP contribution in [-0.2, 0) is 11.3 Å². The molecule has 0 radical (unpaired) electrons. The number of carbonyl (C=O) groups excluding carboxylic acids is 2. The standard InChI is InChI=1S/C21H24N6O2/c1-15(2)19(26-21(29)25-17-7-4-3-5-8-17)20(28)23-14-16-9-11-22-18(13-16)27-12-6-10-24-27/h3-13,15,19H,14H2,1-2H3,(H,23,28)(H2,25,26,29)/t19-/m1/s1. The molecule has 0 aliphatic rings. The minimum atomic E-state index is -0.661. The molecule has 2 heterocycles. The number of para-hydroxylation sites is 1. The van der Waals surface area contributed by atoms with E-state index in [0.29, 0.717) is 18.1 Å². The highest BCUT2D eigenvalue weighted by Gasteiger charge is 2.24. The van der Waals surface area contributed by atoms with Crippen molar-refractivity contribution in [1.29, 1.82) is 0 Å². The number of benzene rings is 1. The smallest absolute Gasteiger partial charge is 0.319 e. The topological polar surface area (TPSA) is 101 Å². The Bertz CT molecular complexity index is 941. The zero-order valence-electron chi connectivity index (χ0n) is 16.4. The molecule has 0 spiro atoms. The van der Waals surface area contributed by atoms with Gasteiger partial charge in [-0.25, -0.2) is 14.5 Å². The number of hydrogen-bond donors (Lipinski definition) is 3. The van der Waals surface area contributed by atoms with Crippen molar-refractivity contribution in [2.24, 2.45) is 5.92 Å². The molecule has 0 bridgehead atoms. The first-order valence-corrected chi connectivity index (χ1v) is 9.38. The summed E-state index contributed by atoms with van der Waals surface area (Å²) in [4.78, 5) is 29.2. The highest BCUT2D eigenvalue weighted by Crippen LogP contribution is 2.09. The van der Waals surface area contributed by atoms with Gasteiger partial charge in [0.1, 0.15) is 6.04 Å². The van der Waals surface area contributed by atoms with Gasteiger partial charge in [-0.15, -0.1) is 0 Å². The molecule has 2 aromatic heterocycles. The largest absolute Gasteiger partial charge is 0.350 e. The van der Waals surface area contributed by atoms with Crippen LogP contribution in [0, 0.1) is 5.92 Å². The normalized spacial score (nSPS) is 11.7. The number of hydrogen-bond acceptors (Lipinski definition) is 4. The Morgan fingerprint density at radius 2 is 1.86 bits per heavy atom. The average Bonchev–Trinajstić information content (AvgIpc) is 3.26. The Labute approximate surface area is 169 Å². The molecule has 0 saturated heterocycles. The fourth-order valence-corrected chi connectivity index (χ4v) is 2.76. The second-order valence-corrected chi connectivity index (χ2v) is 6.88. The number of urea groups is 1. The van der Waals surface area contributed by atoms with Crippen LogP contribution in [0.5, 0.6) is 0 Å². The van der Waals surface area contributed by atoms with Crippen molar-refractivity contribution in [3.8, 4) is 5.82 Å². The van der Waals surface area contributed by atoms with Gasteiger partial charge in [0.2, 0.25) is 5.91 Å². The van der Waals surface area contributed by atoms with E-state index >= 15 is 0 Å². The molecule has 8 nitrogen and oxygen atoms in total. The molecule has 0 saturated carbocycles. The lowest BCUT2D eigenvalue weighted by Crippen LogP contribution is -2.50. The fourth-order valence-electron chi connectivity index (χ4n) is 2.76. The van der Waals surface area contributed by atoms with Crippen LogP contribution < -0.4 is 16.0 Å². The number of nitrogens with zero attached hydrogens (tertiary/aromatic N) is 3. The van der Waals surface area contributed by atoms with Crippen molar-refractivity contribution in [3.63, 3.8) is 0 Å². The van der Waals surface area contributed by atoms with Crippen molar-refractivity contribution in [2.75, 3.05) is 5.32 Å². The molecule has 8 heteroatoms. The van der Waals surface area contributed by atoms with Crippen LogP contribution in [0.2, 0.25) is 0 Å². The van der Waals surface area contributed by atoms with Gasteiger partial charge < -0.3 is 16.0 Å². The first kappa shape index (κ1) is 20.1. The van der Waals surface area contributed by atoms with Crippen molar-refractivity contribution in [3.05, 3.63) is 72.7 Å². The van der Waals surface area contributed by atoms with Crippen LogP contribution in [0.15, 0.2) is 67.1 Å². The van der Waals surface area contributed by atoms with E-state index in [-0.39, 0.29) is 11.8 Å². The second kappa shape index (κ2) is 9.50. The number of pyridine rings is 1. The summed E-state index contributed by atoms with van der Waals surface area (Å²) in [5, 5.41) is 12.5. The number of rotatable bonds is 7. The molecule has 29 heavy (non-hydrogen) atoms. The van der Waals surface area contributed by atoms with Gasteiger partial charge in [0.15, 0.2) is 5.82 Å². The quantitative estimate of drug-likeness (QED) is 0.575. The molecule has 0 aliphatic carbocycles. The number of anilines is 1. The number of carbonyl (C=O) groups is 2. The van der Waals surface area contributed by atoms with E-state index in [1.54, 1.807) is 35.4 Å². The molecule has 3 amide bonds. The van der Waals surface area contributed by atoms with Gasteiger partial charge in [-0.1, -0.05) is 32.0 Å². The summed E-state index contributed by atoms with van der Waals surface area (Å²) in [6.45, 7) is 4.09. The molecule has 1 atom stereocenters. The van der Waals surface area contributed by atoms with E-state index in [0.717, 1.165) is 5.56 Å². The Morgan fingerprint density at radius 3 is 2.55 bits per heavy atom. The van der Waals surface area contributed by atoms with Crippen LogP contribution in [-0.4, -0.2) is 32.7 Å². The Balaban J connectivity index is 1.58. The lowest BCUT2D eigenvalue weighted by Gasteiger charge is -2.22. The van der Waals surface area contributed by atoms with E-state index in [4.69, 9.17) is 0 Å². The predicted octanol–water partition coefficient (Wildman–Crippen LogP) is 2.73. The molecule has 3 N–H and O–H groups in total. The summed E-state index contributed by atoms with van der Waals surface area (Å²) in [5.41, 5.74) is 1.55. The number of amides is 3. The molecular weight excluding hydrogens is 368 g/mol. The van der Waals surface area contributed by atoms with Gasteiger partial charge in [0.25, 0.3) is 0 Å². The third-order valence-corrected chi connectivity index (χ3v) is 4.28. The molecule has 0 aliphatic heterocycles. The Hall–Kier alpha value is -3.68. The summed E-state index contributed by atoms with van der Waals surface area (Å²) in [5.74, 6) is 0.344. The minimum Gasteiger partial charge on any atom is -0.350 e. The van der Waals surface area contributed by atoms with Gasteiger partial charge in [0.05, 0.1) is 0 Å². The van der Waals surface area contributed by atoms with Crippen molar-refractivity contribution in [2.45, 2.75) is 26.4 Å². The lowest BCUT2D eigenvalue weighted by molar-refractivity contribution is -0.124. The summed E-state index contributed by atoms with van der Waals surface area (Å²) in [6, 6.07) is 13.5. The summed E-state index contributed by atoms with van der Waals surface area (Å²) >= 11 is 0. The molecule has 3 aromatic rings. The third-order valence-electron chi connectivity index (χ3n) is 4.28. The van der Waals surface area contributed by atoms with Crippen LogP contribution in [0.1, 0.15) is 19.4 Å². The highest BCUT2D eigenvalue weighted by atomic mass is 16.2. The molecule has 0 unspecified atom stereocenters. The van der Waals surface area contributed by atoms with E-state index in [1.807, 2.05) is 50.2 Å². The average molecular weight is 392 g/mol. The molecule has 150 valence electrons. The number of nitrogens with one attached hydrogen (secondary N) is 3. The molecule has 1 aromatic carbocycles. The van der Waals surface area contributed by atoms with Gasteiger partial charge in [-0.05, 0) is 41.8 Å². The minimum absolute atomic E-state index is 0.0754. The van der Waals surface area contributed by atoms with Crippen LogP contribution in [0.4, 0.5) is 10.5 Å². The SMILES string of the molecule is CC(C)[C@@H](NC(=O)Nc1ccccc1)C(=O)NCc1ccnc(-n2cccn2)c1. The van der Waals surface area contributed by atoms with Gasteiger partial charge in [-0.3, -0.25) is 4.79 Å². The molecular formula is C21H24N6O2. The Kier molecular flexibility index (Phi) is 6.57. The van der Waals surface area contributed by atoms with Crippen molar-refractivity contribution >= 4 is 17.6 Å². The highest BCUT2D eigenvalue weighted by molar-refractivity contribution is 5.93. The fraction of sp³-hybridized carbons (Fsp3) is 0.238. The summed E-state index contributed by atoms with van der Waals surface area (Å²) in [6.07, 6.45) is 5.15. The van der Waals surface area contributed by atoms with E-state index < -0.39 is 12.1 Å². The van der Waals surface area contributed by atoms with Crippen molar-refractivity contribution < 1.29 is 9.59 Å². The summed E-state index contributed by atoms with van der Waals surface area (Å²) < 4.78 is 1.65. The monoisotopic (exact) mass is 392 g/mol. The van der Waals surface area contributed by atoms with Crippen LogP contribution in [0.25, 0.3) is 5.82 Å². The Morgan fingerprint density at radius 1 is 1.07 bits per heavy atom. The first-order chi connectivity index (χ1) is 14.0. The van der Waals surface area contributed by atoms with Crippen LogP contribution >= 0.6 is 0 Å². The maximum absolute atomic E-state index is 12.7. The number of aromatic nitrogens is 3. The maximum Gasteiger partial charge on any atom is 0.319 e. The predicted molar refractivity (Wildman–Crippen MR) is 110 cm³/mol. The van der Waals surface area contributed by atoms with E-state index in [9.17, 15) is 9.59 Å². The second-order valence-electron chi connectivity index (χ2n) is 6.88. The molecule has 3 rings (SSSR count). The van der Waals surface area contributed by atoms with E-state index in [1.165, 1.54) is 0 Å². The maximum atomic E-state index is 12.7. The first-order valence-electron chi connectivity index (χ1n) is 9.38. The molecule has 0 fully saturated rings. The van der Waals surface area contributed by atoms with Gasteiger partial charge >= 0.3 is 6.03 Å². The van der Waals surface area contributed by atoms with E-state index in [2.05, 4.69) is 26.0 Å². The summed E-state index contributed by atoms with van der Waals surface area (Å²) in [7, 11) is 0. The zero-order chi connectivity index (χ0) is 20.6. The van der Waals surface area contributed by atoms with Gasteiger partial charge in [-0.2, -0.15) is 5.10 Å². The zero-order valence-corrected chi connectivity index (χ0v) is 16.4. The lowest BCUT2D eigenvalue weighted by atomic mass is 10.0. The van der Waals surface area contributed by atoms with Crippen molar-refractivity contribution in [1.82, 2.24) is 25.4 Å². The van der Waals surface area contributed by atoms with Crippen LogP contribution in [0.3, 0.4) is 0 Å². The third kappa shape index (κ3) is 5.65. The van der Waals surface area contributed by atoms with Gasteiger partial charge in [0, 0.05) is 30.8 Å².